The molecule has 1 aliphatic heterocycles. The highest BCUT2D eigenvalue weighted by Crippen LogP contribution is 2.33. The maximum Gasteiger partial charge on any atom is 0.312 e. The summed E-state index contributed by atoms with van der Waals surface area (Å²) in [6.07, 6.45) is 2.11. The molecule has 0 aromatic carbocycles. The lowest BCUT2D eigenvalue weighted by atomic mass is 10.1. The van der Waals surface area contributed by atoms with E-state index in [1.165, 1.54) is 12.3 Å². The van der Waals surface area contributed by atoms with Crippen molar-refractivity contribution >= 4 is 27.4 Å². The molecule has 2 rings (SSSR count). The van der Waals surface area contributed by atoms with Crippen LogP contribution in [0, 0.1) is 10.1 Å². The van der Waals surface area contributed by atoms with Crippen molar-refractivity contribution in [2.45, 2.75) is 18.9 Å². The van der Waals surface area contributed by atoms with Crippen LogP contribution < -0.4 is 4.90 Å². The van der Waals surface area contributed by atoms with Crippen molar-refractivity contribution in [3.05, 3.63) is 26.9 Å². The number of hydrogen-bond acceptors (Lipinski definition) is 5. The first-order valence-corrected chi connectivity index (χ1v) is 5.96. The number of halogens is 1. The van der Waals surface area contributed by atoms with E-state index >= 15 is 0 Å². The second kappa shape index (κ2) is 4.23. The Balaban J connectivity index is 2.36. The van der Waals surface area contributed by atoms with Gasteiger partial charge in [0.1, 0.15) is 0 Å². The van der Waals surface area contributed by atoms with Gasteiger partial charge in [0, 0.05) is 29.8 Å². The molecule has 1 aromatic heterocycles. The number of nitro groups is 1. The Morgan fingerprint density at radius 1 is 1.71 bits per heavy atom. The van der Waals surface area contributed by atoms with E-state index in [1.807, 2.05) is 0 Å². The number of aliphatic hydroxyl groups is 1. The molecule has 0 bridgehead atoms. The van der Waals surface area contributed by atoms with Crippen LogP contribution in [0.15, 0.2) is 16.7 Å². The molecule has 7 heteroatoms. The Bertz CT molecular complexity index is 464. The van der Waals surface area contributed by atoms with E-state index in [1.54, 1.807) is 11.8 Å². The Morgan fingerprint density at radius 3 is 2.94 bits per heavy atom. The number of hydrogen-bond donors (Lipinski definition) is 1. The predicted molar refractivity (Wildman–Crippen MR) is 66.0 cm³/mol. The van der Waals surface area contributed by atoms with Gasteiger partial charge in [0.2, 0.25) is 5.82 Å². The molecule has 1 aromatic rings. The summed E-state index contributed by atoms with van der Waals surface area (Å²) >= 11 is 3.16. The number of anilines is 1. The van der Waals surface area contributed by atoms with E-state index in [2.05, 4.69) is 20.9 Å². The van der Waals surface area contributed by atoms with Crippen molar-refractivity contribution in [1.82, 2.24) is 4.98 Å². The van der Waals surface area contributed by atoms with Crippen molar-refractivity contribution in [3.63, 3.8) is 0 Å². The van der Waals surface area contributed by atoms with Crippen LogP contribution in [0.3, 0.4) is 0 Å². The molecule has 1 N–H and O–H groups in total. The maximum atomic E-state index is 10.9. The van der Waals surface area contributed by atoms with Gasteiger partial charge in [-0.05, 0) is 29.3 Å². The van der Waals surface area contributed by atoms with Crippen LogP contribution >= 0.6 is 15.9 Å². The average Bonchev–Trinajstić information content (AvgIpc) is 2.58. The normalized spacial score (nSPS) is 24.1. The number of rotatable bonds is 2. The molecule has 0 aliphatic carbocycles. The summed E-state index contributed by atoms with van der Waals surface area (Å²) in [7, 11) is 0. The molecule has 1 fully saturated rings. The van der Waals surface area contributed by atoms with Gasteiger partial charge in [-0.15, -0.1) is 0 Å². The van der Waals surface area contributed by atoms with Gasteiger partial charge >= 0.3 is 5.69 Å². The monoisotopic (exact) mass is 301 g/mol. The molecule has 0 radical (unpaired) electrons. The van der Waals surface area contributed by atoms with Crippen LogP contribution in [0.2, 0.25) is 0 Å². The SMILES string of the molecule is CC1(O)CCN(c2ncc(Br)cc2[N+](=O)[O-])C1. The third kappa shape index (κ3) is 2.55. The maximum absolute atomic E-state index is 10.9. The molecular formula is C10H12BrN3O3. The van der Waals surface area contributed by atoms with Crippen LogP contribution in [-0.2, 0) is 0 Å². The molecule has 0 saturated carbocycles. The lowest BCUT2D eigenvalue weighted by Crippen LogP contribution is -2.30. The van der Waals surface area contributed by atoms with Crippen molar-refractivity contribution in [3.8, 4) is 0 Å². The van der Waals surface area contributed by atoms with E-state index in [9.17, 15) is 15.2 Å². The minimum atomic E-state index is -0.803. The highest BCUT2D eigenvalue weighted by Gasteiger charge is 2.35. The Kier molecular flexibility index (Phi) is 3.05. The predicted octanol–water partition coefficient (Wildman–Crippen LogP) is 1.71. The molecule has 2 heterocycles. The number of aromatic nitrogens is 1. The minimum Gasteiger partial charge on any atom is -0.388 e. The zero-order valence-corrected chi connectivity index (χ0v) is 10.8. The van der Waals surface area contributed by atoms with Crippen molar-refractivity contribution < 1.29 is 10.0 Å². The fraction of sp³-hybridized carbons (Fsp3) is 0.500. The number of β-amino-alcohol motifs (C(OH)–C–C–N with tert-alkyl or cyclic N) is 1. The summed E-state index contributed by atoms with van der Waals surface area (Å²) in [4.78, 5) is 16.3. The third-order valence-corrected chi connectivity index (χ3v) is 3.20. The highest BCUT2D eigenvalue weighted by atomic mass is 79.9. The van der Waals surface area contributed by atoms with Crippen LogP contribution in [-0.4, -0.2) is 33.7 Å². The molecule has 1 atom stereocenters. The van der Waals surface area contributed by atoms with E-state index in [0.29, 0.717) is 29.8 Å². The van der Waals surface area contributed by atoms with Crippen LogP contribution in [0.5, 0.6) is 0 Å². The summed E-state index contributed by atoms with van der Waals surface area (Å²) in [5, 5.41) is 20.8. The van der Waals surface area contributed by atoms with Crippen molar-refractivity contribution in [1.29, 1.82) is 0 Å². The summed E-state index contributed by atoms with van der Waals surface area (Å²) in [5.74, 6) is 0.316. The zero-order valence-electron chi connectivity index (χ0n) is 9.26. The largest absolute Gasteiger partial charge is 0.388 e. The van der Waals surface area contributed by atoms with Crippen molar-refractivity contribution in [2.75, 3.05) is 18.0 Å². The average molecular weight is 302 g/mol. The first-order valence-electron chi connectivity index (χ1n) is 5.16. The van der Waals surface area contributed by atoms with E-state index in [0.717, 1.165) is 0 Å². The van der Waals surface area contributed by atoms with Gasteiger partial charge in [0.05, 0.1) is 10.5 Å². The smallest absolute Gasteiger partial charge is 0.312 e. The van der Waals surface area contributed by atoms with Gasteiger partial charge in [-0.1, -0.05) is 0 Å². The molecule has 6 nitrogen and oxygen atoms in total. The first-order chi connectivity index (χ1) is 7.89. The second-order valence-electron chi connectivity index (χ2n) is 4.42. The van der Waals surface area contributed by atoms with Gasteiger partial charge in [-0.3, -0.25) is 10.1 Å². The fourth-order valence-electron chi connectivity index (χ4n) is 1.93. The summed E-state index contributed by atoms with van der Waals surface area (Å²) in [5.41, 5.74) is -0.847. The molecule has 1 aliphatic rings. The topological polar surface area (TPSA) is 79.5 Å². The second-order valence-corrected chi connectivity index (χ2v) is 5.34. The molecule has 92 valence electrons. The lowest BCUT2D eigenvalue weighted by molar-refractivity contribution is -0.384. The van der Waals surface area contributed by atoms with Gasteiger partial charge in [-0.25, -0.2) is 4.98 Å². The minimum absolute atomic E-state index is 0.0444. The first kappa shape index (κ1) is 12.3. The van der Waals surface area contributed by atoms with Crippen LogP contribution in [0.1, 0.15) is 13.3 Å². The van der Waals surface area contributed by atoms with Gasteiger partial charge in [-0.2, -0.15) is 0 Å². The van der Waals surface area contributed by atoms with Gasteiger partial charge in [0.25, 0.3) is 0 Å². The molecule has 0 amide bonds. The van der Waals surface area contributed by atoms with E-state index < -0.39 is 10.5 Å². The van der Waals surface area contributed by atoms with Gasteiger partial charge < -0.3 is 10.0 Å². The van der Waals surface area contributed by atoms with E-state index in [-0.39, 0.29) is 5.69 Å². The zero-order chi connectivity index (χ0) is 12.6. The Hall–Kier alpha value is -1.21. The van der Waals surface area contributed by atoms with Crippen molar-refractivity contribution in [2.24, 2.45) is 0 Å². The molecule has 0 spiro atoms. The van der Waals surface area contributed by atoms with E-state index in [4.69, 9.17) is 0 Å². The fourth-order valence-corrected chi connectivity index (χ4v) is 2.24. The molecule has 17 heavy (non-hydrogen) atoms. The number of pyridine rings is 1. The van der Waals surface area contributed by atoms with Crippen LogP contribution in [0.4, 0.5) is 11.5 Å². The standard InChI is InChI=1S/C10H12BrN3O3/c1-10(15)2-3-13(6-10)9-8(14(16)17)4-7(11)5-12-9/h4-5,15H,2-3,6H2,1H3. The highest BCUT2D eigenvalue weighted by molar-refractivity contribution is 9.10. The quantitative estimate of drug-likeness (QED) is 0.664. The van der Waals surface area contributed by atoms with Crippen LogP contribution in [0.25, 0.3) is 0 Å². The lowest BCUT2D eigenvalue weighted by Gasteiger charge is -2.19. The Morgan fingerprint density at radius 2 is 2.41 bits per heavy atom. The Labute approximate surface area is 107 Å². The van der Waals surface area contributed by atoms with Gasteiger partial charge in [0.15, 0.2) is 0 Å². The summed E-state index contributed by atoms with van der Waals surface area (Å²) in [6, 6.07) is 1.43. The molecule has 1 unspecified atom stereocenters. The number of nitrogens with zero attached hydrogens (tertiary/aromatic N) is 3. The molecular weight excluding hydrogens is 290 g/mol. The summed E-state index contributed by atoms with van der Waals surface area (Å²) < 4.78 is 0.568. The summed E-state index contributed by atoms with van der Waals surface area (Å²) in [6.45, 7) is 2.66. The molecule has 1 saturated heterocycles. The third-order valence-electron chi connectivity index (χ3n) is 2.76.